The number of benzene rings is 2. The Morgan fingerprint density at radius 3 is 2.86 bits per heavy atom. The molecule has 1 N–H and O–H groups in total. The molecule has 5 nitrogen and oxygen atoms in total. The Labute approximate surface area is 175 Å². The second kappa shape index (κ2) is 8.29. The van der Waals surface area contributed by atoms with E-state index in [0.29, 0.717) is 23.9 Å². The number of fused-ring (bicyclic) bond motifs is 1. The van der Waals surface area contributed by atoms with Crippen LogP contribution in [0.25, 0.3) is 5.69 Å². The summed E-state index contributed by atoms with van der Waals surface area (Å²) in [6.07, 6.45) is 4.27. The van der Waals surface area contributed by atoms with Gasteiger partial charge in [0.2, 0.25) is 5.91 Å². The minimum absolute atomic E-state index is 0.0349. The monoisotopic (exact) mass is 409 g/mol. The van der Waals surface area contributed by atoms with E-state index in [1.807, 2.05) is 55.6 Å². The minimum atomic E-state index is -0.107. The molecule has 0 radical (unpaired) electrons. The summed E-state index contributed by atoms with van der Waals surface area (Å²) >= 11 is 6.30. The van der Waals surface area contributed by atoms with E-state index in [2.05, 4.69) is 17.3 Å². The number of ether oxygens (including phenoxy) is 1. The molecule has 0 saturated carbocycles. The highest BCUT2D eigenvalue weighted by molar-refractivity contribution is 6.31. The van der Waals surface area contributed by atoms with Gasteiger partial charge in [-0.15, -0.1) is 0 Å². The topological polar surface area (TPSA) is 56.1 Å². The first-order valence-electron chi connectivity index (χ1n) is 9.95. The molecule has 0 spiro atoms. The minimum Gasteiger partial charge on any atom is -0.493 e. The van der Waals surface area contributed by atoms with Crippen molar-refractivity contribution in [3.63, 3.8) is 0 Å². The number of carbonyl (C=O) groups excluding carboxylic acids is 1. The van der Waals surface area contributed by atoms with E-state index in [1.165, 1.54) is 0 Å². The fraction of sp³-hybridized carbons (Fsp3) is 0.304. The highest BCUT2D eigenvalue weighted by Crippen LogP contribution is 2.41. The molecule has 4 rings (SSSR count). The number of unbranched alkanes of at least 4 members (excludes halogenated alkanes) is 1. The molecule has 3 aromatic rings. The summed E-state index contributed by atoms with van der Waals surface area (Å²) in [5, 5.41) is 8.26. The summed E-state index contributed by atoms with van der Waals surface area (Å²) in [5.74, 6) is 1.38. The molecule has 1 atom stereocenters. The first kappa shape index (κ1) is 19.5. The van der Waals surface area contributed by atoms with Crippen LogP contribution in [0.15, 0.2) is 48.7 Å². The third kappa shape index (κ3) is 3.75. The number of carbonyl (C=O) groups is 1. The molecule has 2 aromatic carbocycles. The van der Waals surface area contributed by atoms with E-state index in [4.69, 9.17) is 16.3 Å². The van der Waals surface area contributed by atoms with Crippen molar-refractivity contribution in [3.05, 3.63) is 70.4 Å². The second-order valence-electron chi connectivity index (χ2n) is 7.29. The molecule has 1 aromatic heterocycles. The highest BCUT2D eigenvalue weighted by atomic mass is 35.5. The van der Waals surface area contributed by atoms with Crippen LogP contribution in [0.3, 0.4) is 0 Å². The van der Waals surface area contributed by atoms with Crippen LogP contribution in [0, 0.1) is 6.92 Å². The molecule has 0 aliphatic carbocycles. The molecule has 29 heavy (non-hydrogen) atoms. The van der Waals surface area contributed by atoms with Crippen molar-refractivity contribution in [1.29, 1.82) is 0 Å². The molecular weight excluding hydrogens is 386 g/mol. The van der Waals surface area contributed by atoms with E-state index in [-0.39, 0.29) is 11.8 Å². The standard InChI is InChI=1S/C23H24ClN3O2/c1-3-4-12-29-21-11-6-5-8-16(21)17-13-22(28)26-23-18(17)14-25-27(23)20-10-7-9-19(24)15(20)2/h5-11,14,17H,3-4,12-13H2,1-2H3,(H,26,28). The molecule has 0 bridgehead atoms. The Balaban J connectivity index is 1.77. The quantitative estimate of drug-likeness (QED) is 0.548. The Hall–Kier alpha value is -2.79. The van der Waals surface area contributed by atoms with E-state index < -0.39 is 0 Å². The predicted molar refractivity (Wildman–Crippen MR) is 115 cm³/mol. The lowest BCUT2D eigenvalue weighted by molar-refractivity contribution is -0.116. The van der Waals surface area contributed by atoms with Gasteiger partial charge < -0.3 is 10.1 Å². The third-order valence-electron chi connectivity index (χ3n) is 5.34. The van der Waals surface area contributed by atoms with Crippen molar-refractivity contribution in [1.82, 2.24) is 9.78 Å². The molecule has 150 valence electrons. The van der Waals surface area contributed by atoms with Crippen molar-refractivity contribution in [2.75, 3.05) is 11.9 Å². The molecule has 0 saturated heterocycles. The average Bonchev–Trinajstić information content (AvgIpc) is 3.13. The molecule has 0 fully saturated rings. The number of aromatic nitrogens is 2. The van der Waals surface area contributed by atoms with Crippen molar-refractivity contribution in [2.24, 2.45) is 0 Å². The highest BCUT2D eigenvalue weighted by Gasteiger charge is 2.32. The van der Waals surface area contributed by atoms with Gasteiger partial charge in [-0.1, -0.05) is 49.2 Å². The number of anilines is 1. The predicted octanol–water partition coefficient (Wildman–Crippen LogP) is 5.49. The molecule has 1 aliphatic heterocycles. The van der Waals surface area contributed by atoms with Crippen molar-refractivity contribution in [2.45, 2.75) is 39.0 Å². The number of amides is 1. The van der Waals surface area contributed by atoms with Crippen LogP contribution < -0.4 is 10.1 Å². The van der Waals surface area contributed by atoms with Gasteiger partial charge in [0, 0.05) is 28.5 Å². The fourth-order valence-electron chi connectivity index (χ4n) is 3.73. The third-order valence-corrected chi connectivity index (χ3v) is 5.75. The van der Waals surface area contributed by atoms with Crippen molar-refractivity contribution in [3.8, 4) is 11.4 Å². The number of hydrogen-bond acceptors (Lipinski definition) is 3. The van der Waals surface area contributed by atoms with Gasteiger partial charge in [0.1, 0.15) is 11.6 Å². The SMILES string of the molecule is CCCCOc1ccccc1C1CC(=O)Nc2c1cnn2-c1cccc(Cl)c1C. The van der Waals surface area contributed by atoms with E-state index in [1.54, 1.807) is 4.68 Å². The lowest BCUT2D eigenvalue weighted by atomic mass is 9.87. The van der Waals surface area contributed by atoms with Crippen LogP contribution in [0.1, 0.15) is 48.8 Å². The molecule has 6 heteroatoms. The maximum absolute atomic E-state index is 12.6. The summed E-state index contributed by atoms with van der Waals surface area (Å²) in [4.78, 5) is 12.6. The second-order valence-corrected chi connectivity index (χ2v) is 7.70. The first-order chi connectivity index (χ1) is 14.1. The number of nitrogens with one attached hydrogen (secondary N) is 1. The number of halogens is 1. The number of nitrogens with zero attached hydrogens (tertiary/aromatic N) is 2. The van der Waals surface area contributed by atoms with Gasteiger partial charge in [0.05, 0.1) is 18.5 Å². The van der Waals surface area contributed by atoms with Crippen molar-refractivity contribution >= 4 is 23.3 Å². The Morgan fingerprint density at radius 1 is 1.21 bits per heavy atom. The van der Waals surface area contributed by atoms with Crippen LogP contribution in [0.4, 0.5) is 5.82 Å². The van der Waals surface area contributed by atoms with E-state index >= 15 is 0 Å². The summed E-state index contributed by atoms with van der Waals surface area (Å²) in [6.45, 7) is 4.75. The van der Waals surface area contributed by atoms with Gasteiger partial charge in [-0.25, -0.2) is 4.68 Å². The summed E-state index contributed by atoms with van der Waals surface area (Å²) in [7, 11) is 0. The van der Waals surface area contributed by atoms with Crippen LogP contribution in [-0.2, 0) is 4.79 Å². The number of para-hydroxylation sites is 1. The Bertz CT molecular complexity index is 1040. The molecule has 1 aliphatic rings. The van der Waals surface area contributed by atoms with Gasteiger partial charge in [-0.05, 0) is 37.1 Å². The van der Waals surface area contributed by atoms with Gasteiger partial charge >= 0.3 is 0 Å². The first-order valence-corrected chi connectivity index (χ1v) is 10.3. The van der Waals surface area contributed by atoms with Gasteiger partial charge in [-0.2, -0.15) is 5.10 Å². The van der Waals surface area contributed by atoms with Crippen LogP contribution >= 0.6 is 11.6 Å². The zero-order chi connectivity index (χ0) is 20.4. The molecule has 2 heterocycles. The smallest absolute Gasteiger partial charge is 0.226 e. The maximum Gasteiger partial charge on any atom is 0.226 e. The molecule has 1 unspecified atom stereocenters. The summed E-state index contributed by atoms with van der Waals surface area (Å²) in [6, 6.07) is 13.7. The summed E-state index contributed by atoms with van der Waals surface area (Å²) in [5.41, 5.74) is 3.77. The van der Waals surface area contributed by atoms with Gasteiger partial charge in [-0.3, -0.25) is 4.79 Å². The molecular formula is C23H24ClN3O2. The zero-order valence-electron chi connectivity index (χ0n) is 16.6. The number of rotatable bonds is 6. The van der Waals surface area contributed by atoms with Crippen LogP contribution in [0.2, 0.25) is 5.02 Å². The van der Waals surface area contributed by atoms with Gasteiger partial charge in [0.25, 0.3) is 0 Å². The van der Waals surface area contributed by atoms with E-state index in [0.717, 1.165) is 41.0 Å². The van der Waals surface area contributed by atoms with Crippen LogP contribution in [-0.4, -0.2) is 22.3 Å². The normalized spacial score (nSPS) is 15.7. The Kier molecular flexibility index (Phi) is 5.58. The average molecular weight is 410 g/mol. The lowest BCUT2D eigenvalue weighted by Gasteiger charge is -2.25. The van der Waals surface area contributed by atoms with Gasteiger partial charge in [0.15, 0.2) is 0 Å². The lowest BCUT2D eigenvalue weighted by Crippen LogP contribution is -2.25. The van der Waals surface area contributed by atoms with Crippen LogP contribution in [0.5, 0.6) is 5.75 Å². The number of hydrogen-bond donors (Lipinski definition) is 1. The van der Waals surface area contributed by atoms with E-state index in [9.17, 15) is 4.79 Å². The molecule has 1 amide bonds. The Morgan fingerprint density at radius 2 is 2.03 bits per heavy atom. The fourth-order valence-corrected chi connectivity index (χ4v) is 3.90. The maximum atomic E-state index is 12.6. The largest absolute Gasteiger partial charge is 0.493 e. The van der Waals surface area contributed by atoms with Crippen molar-refractivity contribution < 1.29 is 9.53 Å². The zero-order valence-corrected chi connectivity index (χ0v) is 17.4. The summed E-state index contributed by atoms with van der Waals surface area (Å²) < 4.78 is 7.80.